The van der Waals surface area contributed by atoms with Crippen molar-refractivity contribution in [2.24, 2.45) is 0 Å². The van der Waals surface area contributed by atoms with Crippen LogP contribution in [0.2, 0.25) is 5.02 Å². The van der Waals surface area contributed by atoms with E-state index in [1.54, 1.807) is 37.1 Å². The van der Waals surface area contributed by atoms with Crippen LogP contribution in [0.5, 0.6) is 5.75 Å². The summed E-state index contributed by atoms with van der Waals surface area (Å²) < 4.78 is 10.6. The van der Waals surface area contributed by atoms with Crippen LogP contribution in [0.15, 0.2) is 42.5 Å². The van der Waals surface area contributed by atoms with Crippen molar-refractivity contribution >= 4 is 40.5 Å². The third-order valence-corrected chi connectivity index (χ3v) is 5.62. The molecule has 1 aliphatic rings. The second kappa shape index (κ2) is 11.2. The van der Waals surface area contributed by atoms with Crippen molar-refractivity contribution < 1.29 is 19.1 Å². The lowest BCUT2D eigenvalue weighted by atomic mass is 10.2. The number of amides is 2. The first-order valence-electron chi connectivity index (χ1n) is 10.4. The van der Waals surface area contributed by atoms with Gasteiger partial charge in [-0.25, -0.2) is 0 Å². The summed E-state index contributed by atoms with van der Waals surface area (Å²) in [6.45, 7) is 4.96. The average molecular weight is 461 g/mol. The lowest BCUT2D eigenvalue weighted by Gasteiger charge is -2.29. The summed E-state index contributed by atoms with van der Waals surface area (Å²) in [4.78, 5) is 29.1. The Labute approximate surface area is 193 Å². The molecule has 0 bridgehead atoms. The predicted octanol–water partition coefficient (Wildman–Crippen LogP) is 3.08. The highest BCUT2D eigenvalue weighted by Gasteiger charge is 2.21. The molecule has 0 saturated carbocycles. The lowest BCUT2D eigenvalue weighted by molar-refractivity contribution is -0.122. The van der Waals surface area contributed by atoms with Gasteiger partial charge >= 0.3 is 0 Å². The average Bonchev–Trinajstić information content (AvgIpc) is 2.79. The molecule has 1 heterocycles. The molecular formula is C23H29ClN4O4. The number of halogens is 1. The van der Waals surface area contributed by atoms with E-state index < -0.39 is 6.04 Å². The van der Waals surface area contributed by atoms with Gasteiger partial charge in [-0.3, -0.25) is 14.5 Å². The normalized spacial score (nSPS) is 14.7. The van der Waals surface area contributed by atoms with Gasteiger partial charge in [-0.1, -0.05) is 11.6 Å². The molecule has 8 nitrogen and oxygen atoms in total. The highest BCUT2D eigenvalue weighted by molar-refractivity contribution is 6.31. The summed E-state index contributed by atoms with van der Waals surface area (Å²) >= 11 is 6.02. The zero-order valence-electron chi connectivity index (χ0n) is 18.6. The van der Waals surface area contributed by atoms with E-state index in [0.29, 0.717) is 22.1 Å². The Morgan fingerprint density at radius 2 is 1.84 bits per heavy atom. The van der Waals surface area contributed by atoms with Crippen molar-refractivity contribution in [3.05, 3.63) is 47.5 Å². The molecule has 2 N–H and O–H groups in total. The molecule has 32 heavy (non-hydrogen) atoms. The first kappa shape index (κ1) is 23.8. The van der Waals surface area contributed by atoms with Crippen molar-refractivity contribution in [2.45, 2.75) is 13.0 Å². The molecule has 172 valence electrons. The molecule has 1 unspecified atom stereocenters. The summed E-state index contributed by atoms with van der Waals surface area (Å²) in [5, 5.41) is 6.17. The van der Waals surface area contributed by atoms with Crippen molar-refractivity contribution in [3.63, 3.8) is 0 Å². The van der Waals surface area contributed by atoms with Crippen LogP contribution in [0.3, 0.4) is 0 Å². The van der Waals surface area contributed by atoms with Gasteiger partial charge in [-0.2, -0.15) is 0 Å². The number of nitrogens with one attached hydrogen (secondary N) is 2. The number of likely N-dealkylation sites (N-methyl/N-ethyl adjacent to an activating group) is 1. The maximum absolute atomic E-state index is 12.7. The second-order valence-electron chi connectivity index (χ2n) is 7.62. The van der Waals surface area contributed by atoms with E-state index in [2.05, 4.69) is 15.5 Å². The largest absolute Gasteiger partial charge is 0.495 e. The minimum Gasteiger partial charge on any atom is -0.495 e. The fourth-order valence-corrected chi connectivity index (χ4v) is 3.53. The van der Waals surface area contributed by atoms with Gasteiger partial charge in [0.25, 0.3) is 0 Å². The van der Waals surface area contributed by atoms with Gasteiger partial charge in [-0.15, -0.1) is 0 Å². The maximum atomic E-state index is 12.7. The number of hydrogen-bond acceptors (Lipinski definition) is 6. The highest BCUT2D eigenvalue weighted by Crippen LogP contribution is 2.28. The summed E-state index contributed by atoms with van der Waals surface area (Å²) in [6.07, 6.45) is 0. The van der Waals surface area contributed by atoms with E-state index in [-0.39, 0.29) is 18.4 Å². The van der Waals surface area contributed by atoms with E-state index >= 15 is 0 Å². The molecule has 1 atom stereocenters. The van der Waals surface area contributed by atoms with Crippen molar-refractivity contribution in [2.75, 3.05) is 62.5 Å². The predicted molar refractivity (Wildman–Crippen MR) is 127 cm³/mol. The van der Waals surface area contributed by atoms with Gasteiger partial charge in [0.05, 0.1) is 38.6 Å². The molecule has 2 aromatic rings. The summed E-state index contributed by atoms with van der Waals surface area (Å²) in [5.41, 5.74) is 2.29. The Hall–Kier alpha value is -2.81. The van der Waals surface area contributed by atoms with Crippen LogP contribution in [-0.4, -0.2) is 69.8 Å². The highest BCUT2D eigenvalue weighted by atomic mass is 35.5. The Morgan fingerprint density at radius 3 is 2.50 bits per heavy atom. The Kier molecular flexibility index (Phi) is 8.33. The number of rotatable bonds is 8. The standard InChI is InChI=1S/C23H29ClN4O4/c1-16(23(30)26-20-14-17(24)4-9-21(20)31-3)27(2)15-22(29)25-18-5-7-19(8-6-18)28-10-12-32-13-11-28/h4-9,14,16H,10-13,15H2,1-3H3,(H,25,29)(H,26,30). The minimum absolute atomic E-state index is 0.0620. The molecule has 2 aromatic carbocycles. The molecule has 0 aliphatic carbocycles. The molecule has 0 radical (unpaired) electrons. The smallest absolute Gasteiger partial charge is 0.241 e. The van der Waals surface area contributed by atoms with Crippen molar-refractivity contribution in [1.29, 1.82) is 0 Å². The molecule has 1 fully saturated rings. The van der Waals surface area contributed by atoms with Gasteiger partial charge in [-0.05, 0) is 56.4 Å². The quantitative estimate of drug-likeness (QED) is 0.630. The molecule has 1 aliphatic heterocycles. The Morgan fingerprint density at radius 1 is 1.16 bits per heavy atom. The number of morpholine rings is 1. The van der Waals surface area contributed by atoms with E-state index in [1.165, 1.54) is 7.11 Å². The van der Waals surface area contributed by atoms with E-state index in [1.807, 2.05) is 24.3 Å². The molecular weight excluding hydrogens is 432 g/mol. The second-order valence-corrected chi connectivity index (χ2v) is 8.06. The molecule has 3 rings (SSSR count). The summed E-state index contributed by atoms with van der Waals surface area (Å²) in [6, 6.07) is 12.2. The number of carbonyl (C=O) groups is 2. The fourth-order valence-electron chi connectivity index (χ4n) is 3.36. The first-order valence-corrected chi connectivity index (χ1v) is 10.8. The number of methoxy groups -OCH3 is 1. The SMILES string of the molecule is COc1ccc(Cl)cc1NC(=O)C(C)N(C)CC(=O)Nc1ccc(N2CCOCC2)cc1. The molecule has 2 amide bonds. The number of ether oxygens (including phenoxy) is 2. The monoisotopic (exact) mass is 460 g/mol. The Bertz CT molecular complexity index is 932. The molecule has 1 saturated heterocycles. The van der Waals surface area contributed by atoms with Crippen molar-refractivity contribution in [3.8, 4) is 5.75 Å². The minimum atomic E-state index is -0.548. The third kappa shape index (κ3) is 6.35. The fraction of sp³-hybridized carbons (Fsp3) is 0.391. The van der Waals surface area contributed by atoms with Gasteiger partial charge in [0, 0.05) is 29.5 Å². The van der Waals surface area contributed by atoms with Crippen LogP contribution in [-0.2, 0) is 14.3 Å². The van der Waals surface area contributed by atoms with Gasteiger partial charge in [0.15, 0.2) is 0 Å². The number of anilines is 3. The molecule has 9 heteroatoms. The van der Waals surface area contributed by atoms with Crippen LogP contribution in [0, 0.1) is 0 Å². The van der Waals surface area contributed by atoms with Crippen LogP contribution in [0.1, 0.15) is 6.92 Å². The van der Waals surface area contributed by atoms with E-state index in [9.17, 15) is 9.59 Å². The van der Waals surface area contributed by atoms with Crippen LogP contribution >= 0.6 is 11.6 Å². The molecule has 0 aromatic heterocycles. The lowest BCUT2D eigenvalue weighted by Crippen LogP contribution is -2.43. The summed E-state index contributed by atoms with van der Waals surface area (Å²) in [5.74, 6) is 0.0400. The van der Waals surface area contributed by atoms with Crippen LogP contribution in [0.25, 0.3) is 0 Å². The van der Waals surface area contributed by atoms with Crippen molar-refractivity contribution in [1.82, 2.24) is 4.90 Å². The zero-order chi connectivity index (χ0) is 23.1. The maximum Gasteiger partial charge on any atom is 0.241 e. The third-order valence-electron chi connectivity index (χ3n) is 5.38. The van der Waals surface area contributed by atoms with Gasteiger partial charge in [0.1, 0.15) is 5.75 Å². The zero-order valence-corrected chi connectivity index (χ0v) is 19.3. The van der Waals surface area contributed by atoms with Gasteiger partial charge in [0.2, 0.25) is 11.8 Å². The number of carbonyl (C=O) groups excluding carboxylic acids is 2. The van der Waals surface area contributed by atoms with E-state index in [0.717, 1.165) is 32.0 Å². The Balaban J connectivity index is 1.52. The number of benzene rings is 2. The van der Waals surface area contributed by atoms with Gasteiger partial charge < -0.3 is 25.0 Å². The number of hydrogen-bond donors (Lipinski definition) is 2. The topological polar surface area (TPSA) is 83.1 Å². The summed E-state index contributed by atoms with van der Waals surface area (Å²) in [7, 11) is 3.24. The van der Waals surface area contributed by atoms with Crippen LogP contribution < -0.4 is 20.3 Å². The van der Waals surface area contributed by atoms with Crippen LogP contribution in [0.4, 0.5) is 17.1 Å². The first-order chi connectivity index (χ1) is 15.4. The number of nitrogens with zero attached hydrogens (tertiary/aromatic N) is 2. The van der Waals surface area contributed by atoms with E-state index in [4.69, 9.17) is 21.1 Å². The molecule has 0 spiro atoms.